The number of hydrogen-bond donors (Lipinski definition) is 1. The standard InChI is InChI=1S/C11H13BrF3N/c1-7-5-9(12)6-8(2)10(7)16-4-3-11(13,14)15/h5-6,16H,3-4H2,1-2H3. The summed E-state index contributed by atoms with van der Waals surface area (Å²) < 4.78 is 36.9. The van der Waals surface area contributed by atoms with Crippen molar-refractivity contribution in [2.45, 2.75) is 26.4 Å². The third-order valence-corrected chi connectivity index (χ3v) is 2.67. The topological polar surface area (TPSA) is 12.0 Å². The molecule has 1 rings (SSSR count). The van der Waals surface area contributed by atoms with Gasteiger partial charge in [0.25, 0.3) is 0 Å². The van der Waals surface area contributed by atoms with E-state index in [2.05, 4.69) is 21.2 Å². The lowest BCUT2D eigenvalue weighted by Gasteiger charge is -2.14. The van der Waals surface area contributed by atoms with Crippen LogP contribution in [0.25, 0.3) is 0 Å². The van der Waals surface area contributed by atoms with Gasteiger partial charge in [0, 0.05) is 16.7 Å². The fourth-order valence-corrected chi connectivity index (χ4v) is 2.21. The molecule has 0 bridgehead atoms. The molecule has 0 amide bonds. The number of benzene rings is 1. The van der Waals surface area contributed by atoms with E-state index in [4.69, 9.17) is 0 Å². The number of halogens is 4. The van der Waals surface area contributed by atoms with Gasteiger partial charge in [0.05, 0.1) is 6.42 Å². The van der Waals surface area contributed by atoms with Crippen LogP contribution in [0.1, 0.15) is 17.5 Å². The Kier molecular flexibility index (Phi) is 4.24. The lowest BCUT2D eigenvalue weighted by molar-refractivity contribution is -0.131. The first-order valence-corrected chi connectivity index (χ1v) is 5.66. The Morgan fingerprint density at radius 2 is 1.69 bits per heavy atom. The molecule has 0 fully saturated rings. The number of hydrogen-bond acceptors (Lipinski definition) is 1. The number of rotatable bonds is 3. The van der Waals surface area contributed by atoms with E-state index in [0.717, 1.165) is 21.3 Å². The van der Waals surface area contributed by atoms with Crippen LogP contribution in [-0.2, 0) is 0 Å². The third kappa shape index (κ3) is 4.04. The van der Waals surface area contributed by atoms with Crippen molar-refractivity contribution in [3.05, 3.63) is 27.7 Å². The first-order valence-electron chi connectivity index (χ1n) is 4.87. The summed E-state index contributed by atoms with van der Waals surface area (Å²) in [6.45, 7) is 3.65. The second-order valence-corrected chi connectivity index (χ2v) is 4.62. The molecular formula is C11H13BrF3N. The maximum Gasteiger partial charge on any atom is 0.390 e. The highest BCUT2D eigenvalue weighted by Crippen LogP contribution is 2.26. The summed E-state index contributed by atoms with van der Waals surface area (Å²) in [5.74, 6) is 0. The second kappa shape index (κ2) is 5.08. The Hall–Kier alpha value is -0.710. The van der Waals surface area contributed by atoms with Gasteiger partial charge in [0.2, 0.25) is 0 Å². The van der Waals surface area contributed by atoms with Crippen molar-refractivity contribution >= 4 is 21.6 Å². The van der Waals surface area contributed by atoms with Crippen molar-refractivity contribution in [1.29, 1.82) is 0 Å². The van der Waals surface area contributed by atoms with Crippen molar-refractivity contribution in [2.75, 3.05) is 11.9 Å². The minimum Gasteiger partial charge on any atom is -0.384 e. The predicted octanol–water partition coefficient (Wildman–Crippen LogP) is 4.43. The van der Waals surface area contributed by atoms with Crippen LogP contribution < -0.4 is 5.32 Å². The zero-order valence-corrected chi connectivity index (χ0v) is 10.7. The summed E-state index contributed by atoms with van der Waals surface area (Å²) in [6, 6.07) is 3.76. The lowest BCUT2D eigenvalue weighted by atomic mass is 10.1. The van der Waals surface area contributed by atoms with Crippen molar-refractivity contribution in [1.82, 2.24) is 0 Å². The van der Waals surface area contributed by atoms with E-state index in [1.165, 1.54) is 0 Å². The van der Waals surface area contributed by atoms with Crippen LogP contribution in [0.15, 0.2) is 16.6 Å². The molecule has 0 aliphatic rings. The monoisotopic (exact) mass is 295 g/mol. The highest BCUT2D eigenvalue weighted by atomic mass is 79.9. The smallest absolute Gasteiger partial charge is 0.384 e. The van der Waals surface area contributed by atoms with Crippen LogP contribution in [0.2, 0.25) is 0 Å². The maximum absolute atomic E-state index is 12.0. The molecule has 1 aromatic carbocycles. The zero-order chi connectivity index (χ0) is 12.3. The van der Waals surface area contributed by atoms with Gasteiger partial charge in [-0.25, -0.2) is 0 Å². The molecule has 0 aliphatic carbocycles. The van der Waals surface area contributed by atoms with Crippen LogP contribution >= 0.6 is 15.9 Å². The molecule has 0 aromatic heterocycles. The van der Waals surface area contributed by atoms with E-state index in [1.807, 2.05) is 26.0 Å². The molecule has 0 unspecified atom stereocenters. The van der Waals surface area contributed by atoms with Gasteiger partial charge in [0.15, 0.2) is 0 Å². The molecule has 0 saturated carbocycles. The predicted molar refractivity (Wildman–Crippen MR) is 62.8 cm³/mol. The summed E-state index contributed by atoms with van der Waals surface area (Å²) in [5, 5.41) is 2.82. The number of nitrogens with one attached hydrogen (secondary N) is 1. The Morgan fingerprint density at radius 3 is 2.12 bits per heavy atom. The Bertz CT molecular complexity index is 351. The molecule has 90 valence electrons. The summed E-state index contributed by atoms with van der Waals surface area (Å²) >= 11 is 3.34. The molecule has 1 aromatic rings. The fourth-order valence-electron chi connectivity index (χ4n) is 1.52. The molecule has 0 spiro atoms. The number of alkyl halides is 3. The Balaban J connectivity index is 2.68. The highest BCUT2D eigenvalue weighted by molar-refractivity contribution is 9.10. The largest absolute Gasteiger partial charge is 0.390 e. The molecule has 0 radical (unpaired) electrons. The normalized spacial score (nSPS) is 11.6. The van der Waals surface area contributed by atoms with Crippen LogP contribution in [0.5, 0.6) is 0 Å². The molecule has 0 heterocycles. The minimum atomic E-state index is -4.11. The molecule has 0 atom stereocenters. The molecular weight excluding hydrogens is 283 g/mol. The summed E-state index contributed by atoms with van der Waals surface area (Å²) in [5.41, 5.74) is 2.66. The summed E-state index contributed by atoms with van der Waals surface area (Å²) in [7, 11) is 0. The van der Waals surface area contributed by atoms with Gasteiger partial charge in [0.1, 0.15) is 0 Å². The zero-order valence-electron chi connectivity index (χ0n) is 9.08. The van der Waals surface area contributed by atoms with Gasteiger partial charge in [-0.3, -0.25) is 0 Å². The second-order valence-electron chi connectivity index (χ2n) is 3.71. The van der Waals surface area contributed by atoms with E-state index in [-0.39, 0.29) is 6.54 Å². The Labute approximate surface area is 101 Å². The van der Waals surface area contributed by atoms with Crippen molar-refractivity contribution in [3.8, 4) is 0 Å². The van der Waals surface area contributed by atoms with Crippen LogP contribution in [0, 0.1) is 13.8 Å². The lowest BCUT2D eigenvalue weighted by Crippen LogP contribution is -2.15. The molecule has 0 saturated heterocycles. The average molecular weight is 296 g/mol. The number of aryl methyl sites for hydroxylation is 2. The van der Waals surface area contributed by atoms with Crippen LogP contribution in [0.3, 0.4) is 0 Å². The van der Waals surface area contributed by atoms with E-state index in [9.17, 15) is 13.2 Å². The maximum atomic E-state index is 12.0. The first kappa shape index (κ1) is 13.4. The highest BCUT2D eigenvalue weighted by Gasteiger charge is 2.26. The van der Waals surface area contributed by atoms with Crippen molar-refractivity contribution < 1.29 is 13.2 Å². The fraction of sp³-hybridized carbons (Fsp3) is 0.455. The van der Waals surface area contributed by atoms with Gasteiger partial charge in [-0.2, -0.15) is 13.2 Å². The van der Waals surface area contributed by atoms with E-state index in [0.29, 0.717) is 0 Å². The van der Waals surface area contributed by atoms with Gasteiger partial charge >= 0.3 is 6.18 Å². The van der Waals surface area contributed by atoms with Gasteiger partial charge in [-0.1, -0.05) is 15.9 Å². The van der Waals surface area contributed by atoms with Crippen LogP contribution in [-0.4, -0.2) is 12.7 Å². The van der Waals surface area contributed by atoms with E-state index in [1.54, 1.807) is 0 Å². The molecule has 0 aliphatic heterocycles. The molecule has 16 heavy (non-hydrogen) atoms. The third-order valence-electron chi connectivity index (χ3n) is 2.21. The molecule has 1 nitrogen and oxygen atoms in total. The first-order chi connectivity index (χ1) is 7.29. The molecule has 5 heteroatoms. The number of anilines is 1. The van der Waals surface area contributed by atoms with Gasteiger partial charge in [-0.15, -0.1) is 0 Å². The average Bonchev–Trinajstić information content (AvgIpc) is 2.07. The SMILES string of the molecule is Cc1cc(Br)cc(C)c1NCCC(F)(F)F. The summed E-state index contributed by atoms with van der Waals surface area (Å²) in [4.78, 5) is 0. The van der Waals surface area contributed by atoms with Crippen molar-refractivity contribution in [3.63, 3.8) is 0 Å². The van der Waals surface area contributed by atoms with Gasteiger partial charge < -0.3 is 5.32 Å². The van der Waals surface area contributed by atoms with E-state index >= 15 is 0 Å². The molecule has 1 N–H and O–H groups in total. The van der Waals surface area contributed by atoms with Gasteiger partial charge in [-0.05, 0) is 37.1 Å². The van der Waals surface area contributed by atoms with E-state index < -0.39 is 12.6 Å². The summed E-state index contributed by atoms with van der Waals surface area (Å²) in [6.07, 6.45) is -4.92. The van der Waals surface area contributed by atoms with Crippen LogP contribution in [0.4, 0.5) is 18.9 Å². The minimum absolute atomic E-state index is 0.0905. The van der Waals surface area contributed by atoms with Crippen molar-refractivity contribution in [2.24, 2.45) is 0 Å². The Morgan fingerprint density at radius 1 is 1.19 bits per heavy atom. The quantitative estimate of drug-likeness (QED) is 0.870.